The van der Waals surface area contributed by atoms with Crippen LogP contribution >= 0.6 is 24.4 Å². The minimum Gasteiger partial charge on any atom is -0.330 e. The molecule has 8 heteroatoms. The minimum atomic E-state index is -0.0839. The Hall–Kier alpha value is -1.64. The van der Waals surface area contributed by atoms with Crippen LogP contribution in [0.15, 0.2) is 10.6 Å². The molecule has 2 atom stereocenters. The zero-order valence-electron chi connectivity index (χ0n) is 11.4. The van der Waals surface area contributed by atoms with Crippen LogP contribution in [-0.4, -0.2) is 10.1 Å². The third kappa shape index (κ3) is 10.3. The van der Waals surface area contributed by atoms with Crippen LogP contribution in [0.1, 0.15) is 39.5 Å². The molecule has 2 unspecified atom stereocenters. The summed E-state index contributed by atoms with van der Waals surface area (Å²) in [6.07, 6.45) is 2.12. The van der Waals surface area contributed by atoms with Crippen LogP contribution in [0.5, 0.6) is 0 Å². The maximum Gasteiger partial charge on any atom is 0.200 e. The predicted octanol–water partition coefficient (Wildman–Crippen LogP) is 3.84. The molecule has 6 nitrogen and oxygen atoms in total. The smallest absolute Gasteiger partial charge is 0.200 e. The van der Waals surface area contributed by atoms with Gasteiger partial charge in [0.1, 0.15) is 0 Å². The van der Waals surface area contributed by atoms with Gasteiger partial charge in [-0.25, -0.2) is 0 Å². The van der Waals surface area contributed by atoms with Crippen LogP contribution < -0.4 is 0 Å². The van der Waals surface area contributed by atoms with Crippen LogP contribution in [-0.2, 0) is 9.68 Å². The fraction of sp³-hybridized carbons (Fsp3) is 0.667. The van der Waals surface area contributed by atoms with Crippen molar-refractivity contribution in [1.82, 2.24) is 0 Å². The fourth-order valence-electron chi connectivity index (χ4n) is 1.01. The molecule has 0 saturated heterocycles. The van der Waals surface area contributed by atoms with Crippen molar-refractivity contribution in [1.29, 1.82) is 10.5 Å². The highest BCUT2D eigenvalue weighted by Crippen LogP contribution is 2.07. The Balaban J connectivity index is 3.76. The maximum absolute atomic E-state index is 8.60. The van der Waals surface area contributed by atoms with Gasteiger partial charge in [0.25, 0.3) is 0 Å². The molecule has 20 heavy (non-hydrogen) atoms. The van der Waals surface area contributed by atoms with Crippen molar-refractivity contribution in [3.8, 4) is 12.1 Å². The minimum absolute atomic E-state index is 0.0839. The number of hydrogen-bond donors (Lipinski definition) is 0. The molecule has 0 amide bonds. The highest BCUT2D eigenvalue weighted by Gasteiger charge is 2.05. The number of nitrogens with zero attached hydrogens (tertiary/aromatic N) is 4. The van der Waals surface area contributed by atoms with Gasteiger partial charge in [-0.1, -0.05) is 0 Å². The van der Waals surface area contributed by atoms with Gasteiger partial charge in [0.2, 0.25) is 0 Å². The first-order valence-electron chi connectivity index (χ1n) is 6.08. The molecule has 0 fully saturated rings. The molecule has 0 radical (unpaired) electrons. The summed E-state index contributed by atoms with van der Waals surface area (Å²) in [6.45, 7) is 3.60. The molecule has 0 bridgehead atoms. The Morgan fingerprint density at radius 2 is 1.30 bits per heavy atom. The summed E-state index contributed by atoms with van der Waals surface area (Å²) in [5.74, 6) is -0.168. The van der Waals surface area contributed by atoms with Crippen molar-refractivity contribution in [2.24, 2.45) is 22.4 Å². The van der Waals surface area contributed by atoms with Gasteiger partial charge >= 0.3 is 0 Å². The van der Waals surface area contributed by atoms with E-state index in [1.807, 2.05) is 0 Å². The Kier molecular flexibility index (Phi) is 10.3. The van der Waals surface area contributed by atoms with E-state index in [0.29, 0.717) is 25.7 Å². The lowest BCUT2D eigenvalue weighted by atomic mass is 10.1. The highest BCUT2D eigenvalue weighted by atomic mass is 32.1. The number of rotatable bonds is 8. The van der Waals surface area contributed by atoms with Gasteiger partial charge in [-0.15, -0.1) is 0 Å². The van der Waals surface area contributed by atoms with E-state index in [1.165, 1.54) is 0 Å². The lowest BCUT2D eigenvalue weighted by Gasteiger charge is -2.02. The van der Waals surface area contributed by atoms with Gasteiger partial charge in [0.15, 0.2) is 10.1 Å². The average molecular weight is 312 g/mol. The zero-order valence-corrected chi connectivity index (χ0v) is 13.0. The van der Waals surface area contributed by atoms with E-state index >= 15 is 0 Å². The fourth-order valence-corrected chi connectivity index (χ4v) is 1.32. The number of hydrogen-bond acceptors (Lipinski definition) is 8. The summed E-state index contributed by atoms with van der Waals surface area (Å²) in [7, 11) is 0. The second-order valence-electron chi connectivity index (χ2n) is 4.23. The van der Waals surface area contributed by atoms with Gasteiger partial charge < -0.3 is 9.68 Å². The standard InChI is InChI=1S/C12H16N4O2S2/c1-9(7-13)3-5-11(19)17-15-16-18-12(20)6-4-10(2)8-14/h9-10H,3-6H2,1-2H3. The monoisotopic (exact) mass is 312 g/mol. The topological polar surface area (TPSA) is 90.8 Å². The van der Waals surface area contributed by atoms with Crippen molar-refractivity contribution in [3.63, 3.8) is 0 Å². The van der Waals surface area contributed by atoms with Crippen LogP contribution in [0.3, 0.4) is 0 Å². The molecule has 0 aliphatic rings. The van der Waals surface area contributed by atoms with Crippen molar-refractivity contribution in [3.05, 3.63) is 0 Å². The lowest BCUT2D eigenvalue weighted by molar-refractivity contribution is 0.192. The van der Waals surface area contributed by atoms with E-state index in [-0.39, 0.29) is 21.9 Å². The summed E-state index contributed by atoms with van der Waals surface area (Å²) in [6, 6.07) is 4.19. The molecule has 0 aliphatic carbocycles. The number of nitriles is 2. The molecular formula is C12H16N4O2S2. The van der Waals surface area contributed by atoms with E-state index in [2.05, 4.69) is 22.7 Å². The average Bonchev–Trinajstić information content (AvgIpc) is 2.46. The van der Waals surface area contributed by atoms with E-state index in [0.717, 1.165) is 0 Å². The highest BCUT2D eigenvalue weighted by molar-refractivity contribution is 7.80. The summed E-state index contributed by atoms with van der Waals surface area (Å²) < 4.78 is 0. The van der Waals surface area contributed by atoms with Gasteiger partial charge in [0.05, 0.1) is 22.7 Å². The molecular weight excluding hydrogens is 296 g/mol. The summed E-state index contributed by atoms with van der Waals surface area (Å²) >= 11 is 9.78. The summed E-state index contributed by atoms with van der Waals surface area (Å²) in [5, 5.41) is 24.3. The third-order valence-corrected chi connectivity index (χ3v) is 2.88. The normalized spacial score (nSPS) is 13.0. The van der Waals surface area contributed by atoms with Crippen molar-refractivity contribution < 1.29 is 9.68 Å². The lowest BCUT2D eigenvalue weighted by Crippen LogP contribution is -2.01. The molecule has 0 heterocycles. The van der Waals surface area contributed by atoms with E-state index < -0.39 is 0 Å². The molecule has 108 valence electrons. The second-order valence-corrected chi connectivity index (χ2v) is 5.14. The van der Waals surface area contributed by atoms with Crippen LogP contribution in [0.4, 0.5) is 0 Å². The van der Waals surface area contributed by atoms with E-state index in [4.69, 9.17) is 44.6 Å². The molecule has 0 aromatic carbocycles. The van der Waals surface area contributed by atoms with E-state index in [1.54, 1.807) is 13.8 Å². The van der Waals surface area contributed by atoms with Gasteiger partial charge in [-0.2, -0.15) is 10.5 Å². The van der Waals surface area contributed by atoms with Crippen LogP contribution in [0.2, 0.25) is 0 Å². The Morgan fingerprint density at radius 1 is 0.950 bits per heavy atom. The second kappa shape index (κ2) is 11.2. The molecule has 0 aromatic heterocycles. The molecule has 0 saturated carbocycles. The van der Waals surface area contributed by atoms with Crippen molar-refractivity contribution in [2.45, 2.75) is 39.5 Å². The van der Waals surface area contributed by atoms with Gasteiger partial charge in [-0.05, 0) is 51.1 Å². The first kappa shape index (κ1) is 18.4. The maximum atomic E-state index is 8.60. The first-order chi connectivity index (χ1) is 9.49. The first-order valence-corrected chi connectivity index (χ1v) is 6.90. The molecule has 0 N–H and O–H groups in total. The SMILES string of the molecule is CC(C#N)CCC(=S)ON=NOC(=S)CCC(C)C#N. The summed E-state index contributed by atoms with van der Waals surface area (Å²) in [5.41, 5.74) is 0. The van der Waals surface area contributed by atoms with E-state index in [9.17, 15) is 0 Å². The Bertz CT molecular complexity index is 400. The Morgan fingerprint density at radius 3 is 1.60 bits per heavy atom. The van der Waals surface area contributed by atoms with Crippen LogP contribution in [0.25, 0.3) is 0 Å². The van der Waals surface area contributed by atoms with Gasteiger partial charge in [0, 0.05) is 24.7 Å². The predicted molar refractivity (Wildman–Crippen MR) is 80.2 cm³/mol. The molecule has 0 rings (SSSR count). The third-order valence-electron chi connectivity index (χ3n) is 2.32. The van der Waals surface area contributed by atoms with Gasteiger partial charge in [-0.3, -0.25) is 0 Å². The van der Waals surface area contributed by atoms with Crippen molar-refractivity contribution >= 4 is 34.5 Å². The van der Waals surface area contributed by atoms with Crippen molar-refractivity contribution in [2.75, 3.05) is 0 Å². The summed E-state index contributed by atoms with van der Waals surface area (Å²) in [4.78, 5) is 9.55. The molecule has 0 aliphatic heterocycles. The quantitative estimate of drug-likeness (QED) is 0.384. The Labute approximate surface area is 129 Å². The van der Waals surface area contributed by atoms with Crippen LogP contribution in [0, 0.1) is 34.5 Å². The zero-order chi connectivity index (χ0) is 15.4. The molecule has 0 aromatic rings. The number of thiocarbonyl (C=S) groups is 2. The largest absolute Gasteiger partial charge is 0.330 e. The molecule has 0 spiro atoms.